The first kappa shape index (κ1) is 9.81. The standard InChI is InChI=1S/C10H15ClSi/c1-9(11)12(2,3)10-7-5-4-6-8-10/h4-9H,1-3H3. The van der Waals surface area contributed by atoms with Gasteiger partial charge in [0, 0.05) is 5.00 Å². The van der Waals surface area contributed by atoms with Crippen LogP contribution >= 0.6 is 11.6 Å². The van der Waals surface area contributed by atoms with Crippen LogP contribution in [0.2, 0.25) is 13.1 Å². The zero-order valence-corrected chi connectivity index (χ0v) is 9.60. The van der Waals surface area contributed by atoms with Crippen molar-refractivity contribution in [3.8, 4) is 0 Å². The van der Waals surface area contributed by atoms with E-state index in [9.17, 15) is 0 Å². The largest absolute Gasteiger partial charge is 0.126 e. The number of hydrogen-bond donors (Lipinski definition) is 0. The molecule has 1 atom stereocenters. The molecule has 0 bridgehead atoms. The van der Waals surface area contributed by atoms with Crippen LogP contribution in [0.25, 0.3) is 0 Å². The maximum Gasteiger partial charge on any atom is 0.0993 e. The fourth-order valence-electron chi connectivity index (χ4n) is 1.10. The number of hydrogen-bond acceptors (Lipinski definition) is 0. The summed E-state index contributed by atoms with van der Waals surface area (Å²) < 4.78 is 0. The molecule has 1 aromatic carbocycles. The third-order valence-electron chi connectivity index (χ3n) is 2.51. The lowest BCUT2D eigenvalue weighted by Gasteiger charge is -2.25. The molecule has 12 heavy (non-hydrogen) atoms. The van der Waals surface area contributed by atoms with Crippen molar-refractivity contribution in [1.29, 1.82) is 0 Å². The third-order valence-corrected chi connectivity index (χ3v) is 7.96. The van der Waals surface area contributed by atoms with E-state index in [1.165, 1.54) is 5.19 Å². The van der Waals surface area contributed by atoms with E-state index < -0.39 is 8.07 Å². The van der Waals surface area contributed by atoms with Gasteiger partial charge < -0.3 is 0 Å². The Bertz CT molecular complexity index is 241. The Morgan fingerprint density at radius 2 is 1.67 bits per heavy atom. The zero-order chi connectivity index (χ0) is 9.19. The van der Waals surface area contributed by atoms with Crippen LogP contribution in [0.3, 0.4) is 0 Å². The van der Waals surface area contributed by atoms with Crippen molar-refractivity contribution >= 4 is 24.9 Å². The van der Waals surface area contributed by atoms with Crippen LogP contribution in [0.15, 0.2) is 30.3 Å². The van der Waals surface area contributed by atoms with Crippen LogP contribution < -0.4 is 5.19 Å². The predicted octanol–water partition coefficient (Wildman–Crippen LogP) is 2.77. The van der Waals surface area contributed by atoms with Crippen molar-refractivity contribution in [2.75, 3.05) is 0 Å². The molecule has 1 unspecified atom stereocenters. The Hall–Kier alpha value is -0.273. The summed E-state index contributed by atoms with van der Waals surface area (Å²) in [6.07, 6.45) is 0. The number of halogens is 1. The summed E-state index contributed by atoms with van der Waals surface area (Å²) in [5.74, 6) is 0. The minimum Gasteiger partial charge on any atom is -0.126 e. The average molecular weight is 199 g/mol. The molecule has 0 aromatic heterocycles. The van der Waals surface area contributed by atoms with E-state index in [4.69, 9.17) is 11.6 Å². The second-order valence-corrected chi connectivity index (χ2v) is 9.61. The maximum atomic E-state index is 6.17. The molecule has 0 saturated heterocycles. The Morgan fingerprint density at radius 1 is 1.17 bits per heavy atom. The highest BCUT2D eigenvalue weighted by Gasteiger charge is 2.28. The average Bonchev–Trinajstić information content (AvgIpc) is 2.06. The van der Waals surface area contributed by atoms with Crippen LogP contribution in [-0.2, 0) is 0 Å². The lowest BCUT2D eigenvalue weighted by Crippen LogP contribution is -2.48. The summed E-state index contributed by atoms with van der Waals surface area (Å²) in [5.41, 5.74) is 0. The number of rotatable bonds is 2. The Kier molecular flexibility index (Phi) is 2.97. The highest BCUT2D eigenvalue weighted by molar-refractivity contribution is 6.95. The first-order chi connectivity index (χ1) is 5.55. The molecule has 1 rings (SSSR count). The monoisotopic (exact) mass is 198 g/mol. The minimum absolute atomic E-state index is 0.292. The predicted molar refractivity (Wildman–Crippen MR) is 58.9 cm³/mol. The maximum absolute atomic E-state index is 6.17. The summed E-state index contributed by atoms with van der Waals surface area (Å²) in [6.45, 7) is 6.71. The summed E-state index contributed by atoms with van der Waals surface area (Å²) in [4.78, 5) is 0. The van der Waals surface area contributed by atoms with Crippen molar-refractivity contribution in [3.05, 3.63) is 30.3 Å². The summed E-state index contributed by atoms with van der Waals surface area (Å²) in [6, 6.07) is 10.6. The van der Waals surface area contributed by atoms with Crippen LogP contribution in [0.1, 0.15) is 6.92 Å². The van der Waals surface area contributed by atoms with Gasteiger partial charge >= 0.3 is 0 Å². The second-order valence-electron chi connectivity index (χ2n) is 3.70. The smallest absolute Gasteiger partial charge is 0.0993 e. The van der Waals surface area contributed by atoms with Gasteiger partial charge in [-0.3, -0.25) is 0 Å². The molecule has 0 spiro atoms. The molecule has 1 aromatic rings. The number of alkyl halides is 1. The quantitative estimate of drug-likeness (QED) is 0.507. The van der Waals surface area contributed by atoms with Crippen molar-refractivity contribution in [2.45, 2.75) is 25.0 Å². The SMILES string of the molecule is CC(Cl)[Si](C)(C)c1ccccc1. The number of benzene rings is 1. The van der Waals surface area contributed by atoms with Crippen LogP contribution in [0.5, 0.6) is 0 Å². The van der Waals surface area contributed by atoms with Gasteiger partial charge in [0.05, 0.1) is 8.07 Å². The van der Waals surface area contributed by atoms with E-state index in [0.29, 0.717) is 5.00 Å². The van der Waals surface area contributed by atoms with E-state index in [1.807, 2.05) is 6.07 Å². The molecule has 0 aliphatic carbocycles. The zero-order valence-electron chi connectivity index (χ0n) is 7.84. The van der Waals surface area contributed by atoms with Crippen LogP contribution in [-0.4, -0.2) is 13.1 Å². The van der Waals surface area contributed by atoms with Crippen molar-refractivity contribution in [2.24, 2.45) is 0 Å². The molecule has 0 N–H and O–H groups in total. The molecule has 0 radical (unpaired) electrons. The van der Waals surface area contributed by atoms with E-state index in [0.717, 1.165) is 0 Å². The van der Waals surface area contributed by atoms with E-state index in [2.05, 4.69) is 44.3 Å². The van der Waals surface area contributed by atoms with Crippen molar-refractivity contribution in [3.63, 3.8) is 0 Å². The van der Waals surface area contributed by atoms with Gasteiger partial charge in [-0.25, -0.2) is 0 Å². The van der Waals surface area contributed by atoms with Gasteiger partial charge in [0.15, 0.2) is 0 Å². The molecular weight excluding hydrogens is 184 g/mol. The van der Waals surface area contributed by atoms with Crippen molar-refractivity contribution < 1.29 is 0 Å². The molecular formula is C10H15ClSi. The molecule has 66 valence electrons. The molecule has 0 aliphatic rings. The lowest BCUT2D eigenvalue weighted by molar-refractivity contribution is 1.29. The van der Waals surface area contributed by atoms with Crippen LogP contribution in [0.4, 0.5) is 0 Å². The Labute approximate surface area is 80.6 Å². The van der Waals surface area contributed by atoms with E-state index >= 15 is 0 Å². The van der Waals surface area contributed by atoms with E-state index in [-0.39, 0.29) is 0 Å². The van der Waals surface area contributed by atoms with E-state index in [1.54, 1.807) is 0 Å². The summed E-state index contributed by atoms with van der Waals surface area (Å²) in [7, 11) is -1.39. The summed E-state index contributed by atoms with van der Waals surface area (Å²) in [5, 5.41) is 1.73. The first-order valence-electron chi connectivity index (χ1n) is 4.24. The topological polar surface area (TPSA) is 0 Å². The molecule has 0 aliphatic heterocycles. The Morgan fingerprint density at radius 3 is 2.08 bits per heavy atom. The van der Waals surface area contributed by atoms with Gasteiger partial charge in [0.25, 0.3) is 0 Å². The first-order valence-corrected chi connectivity index (χ1v) is 7.76. The fraction of sp³-hybridized carbons (Fsp3) is 0.400. The van der Waals surface area contributed by atoms with Gasteiger partial charge in [-0.2, -0.15) is 0 Å². The normalized spacial score (nSPS) is 14.3. The minimum atomic E-state index is -1.39. The summed E-state index contributed by atoms with van der Waals surface area (Å²) >= 11 is 6.17. The van der Waals surface area contributed by atoms with Crippen LogP contribution in [0, 0.1) is 0 Å². The highest BCUT2D eigenvalue weighted by atomic mass is 35.5. The van der Waals surface area contributed by atoms with Gasteiger partial charge in [-0.1, -0.05) is 55.5 Å². The molecule has 0 nitrogen and oxygen atoms in total. The second kappa shape index (κ2) is 3.63. The van der Waals surface area contributed by atoms with Gasteiger partial charge in [-0.05, 0) is 0 Å². The fourth-order valence-corrected chi connectivity index (χ4v) is 2.99. The van der Waals surface area contributed by atoms with Gasteiger partial charge in [0.2, 0.25) is 0 Å². The third kappa shape index (κ3) is 1.90. The van der Waals surface area contributed by atoms with Gasteiger partial charge in [0.1, 0.15) is 0 Å². The molecule has 2 heteroatoms. The molecule has 0 amide bonds. The lowest BCUT2D eigenvalue weighted by atomic mass is 10.4. The molecule has 0 heterocycles. The highest BCUT2D eigenvalue weighted by Crippen LogP contribution is 2.13. The van der Waals surface area contributed by atoms with Gasteiger partial charge in [-0.15, -0.1) is 11.6 Å². The molecule has 0 saturated carbocycles. The Balaban J connectivity index is 2.98. The molecule has 0 fully saturated rings. The van der Waals surface area contributed by atoms with Crippen molar-refractivity contribution in [1.82, 2.24) is 0 Å².